The fourth-order valence-electron chi connectivity index (χ4n) is 6.59. The van der Waals surface area contributed by atoms with E-state index in [-0.39, 0.29) is 36.2 Å². The van der Waals surface area contributed by atoms with Crippen molar-refractivity contribution < 1.29 is 29.3 Å². The van der Waals surface area contributed by atoms with Crippen molar-refractivity contribution in [1.82, 2.24) is 5.32 Å². The molecule has 1 saturated heterocycles. The van der Waals surface area contributed by atoms with Crippen LogP contribution in [0.2, 0.25) is 0 Å². The van der Waals surface area contributed by atoms with E-state index in [1.165, 1.54) is 26.0 Å². The molecule has 0 saturated carbocycles. The van der Waals surface area contributed by atoms with Gasteiger partial charge in [0, 0.05) is 30.7 Å². The summed E-state index contributed by atoms with van der Waals surface area (Å²) in [5, 5.41) is 24.5. The molecule has 3 N–H and O–H groups in total. The molecule has 8 atom stereocenters. The Morgan fingerprint density at radius 1 is 1.16 bits per heavy atom. The molecule has 198 valence electrons. The fraction of sp³-hybridized carbons (Fsp3) is 0.500. The Kier molecular flexibility index (Phi) is 7.58. The van der Waals surface area contributed by atoms with Gasteiger partial charge in [0.25, 0.3) is 0 Å². The molecule has 1 fully saturated rings. The van der Waals surface area contributed by atoms with E-state index < -0.39 is 34.9 Å². The standard InChI is InChI=1S/C30H37NO6/c1-18-9-8-12-23-16-22(17-32)19(2)26-24(15-21-10-6-5-7-11-21)31-28(35)30(23,26)25(37-20(3)33)13-14-29(4,36)27(18)34/h5-8,10-14,16,18-19,23-26,32,36H,9,15,17H2,1-4H3,(H,31,35)/b12-8+,14-13+/t18-,19+,23-,24-,25+,26-,29+,30+/m0/s1. The number of amides is 1. The molecule has 0 aromatic heterocycles. The van der Waals surface area contributed by atoms with Crippen LogP contribution in [-0.2, 0) is 25.5 Å². The van der Waals surface area contributed by atoms with Crippen LogP contribution >= 0.6 is 0 Å². The van der Waals surface area contributed by atoms with Crippen molar-refractivity contribution >= 4 is 17.7 Å². The van der Waals surface area contributed by atoms with Gasteiger partial charge in [-0.1, -0.05) is 62.4 Å². The van der Waals surface area contributed by atoms with Crippen LogP contribution in [-0.4, -0.2) is 52.2 Å². The van der Waals surface area contributed by atoms with Crippen LogP contribution in [0.1, 0.15) is 39.7 Å². The summed E-state index contributed by atoms with van der Waals surface area (Å²) >= 11 is 0. The van der Waals surface area contributed by atoms with E-state index >= 15 is 0 Å². The van der Waals surface area contributed by atoms with Crippen LogP contribution < -0.4 is 5.32 Å². The number of rotatable bonds is 4. The van der Waals surface area contributed by atoms with Crippen molar-refractivity contribution in [1.29, 1.82) is 0 Å². The second kappa shape index (κ2) is 10.4. The summed E-state index contributed by atoms with van der Waals surface area (Å²) in [7, 11) is 0. The number of benzene rings is 1. The Hall–Kier alpha value is -3.03. The molecule has 1 aromatic carbocycles. The van der Waals surface area contributed by atoms with Crippen LogP contribution in [0.15, 0.2) is 66.3 Å². The molecule has 1 spiro atoms. The quantitative estimate of drug-likeness (QED) is 0.427. The molecule has 0 bridgehead atoms. The van der Waals surface area contributed by atoms with E-state index in [1.807, 2.05) is 55.5 Å². The summed E-state index contributed by atoms with van der Waals surface area (Å²) in [5.41, 5.74) is -1.14. The molecular formula is C30H37NO6. The second-order valence-corrected chi connectivity index (χ2v) is 10.9. The summed E-state index contributed by atoms with van der Waals surface area (Å²) in [6.07, 6.45) is 8.45. The molecule has 1 amide bonds. The van der Waals surface area contributed by atoms with Gasteiger partial charge in [0.05, 0.1) is 6.61 Å². The number of hydrogen-bond donors (Lipinski definition) is 3. The number of ketones is 1. The van der Waals surface area contributed by atoms with Gasteiger partial charge in [-0.3, -0.25) is 14.4 Å². The van der Waals surface area contributed by atoms with Crippen molar-refractivity contribution in [2.45, 2.75) is 58.3 Å². The molecule has 1 heterocycles. The first-order valence-corrected chi connectivity index (χ1v) is 13.0. The van der Waals surface area contributed by atoms with Gasteiger partial charge < -0.3 is 20.3 Å². The number of aliphatic hydroxyl groups is 2. The van der Waals surface area contributed by atoms with E-state index in [0.29, 0.717) is 12.8 Å². The monoisotopic (exact) mass is 507 g/mol. The number of hydrogen-bond acceptors (Lipinski definition) is 6. The maximum atomic E-state index is 14.1. The van der Waals surface area contributed by atoms with Crippen molar-refractivity contribution in [2.75, 3.05) is 6.61 Å². The third-order valence-electron chi connectivity index (χ3n) is 8.38. The number of carbonyl (C=O) groups excluding carboxylic acids is 3. The van der Waals surface area contributed by atoms with Crippen LogP contribution in [0.4, 0.5) is 0 Å². The van der Waals surface area contributed by atoms with Gasteiger partial charge in [-0.15, -0.1) is 0 Å². The van der Waals surface area contributed by atoms with Gasteiger partial charge in [-0.25, -0.2) is 0 Å². The Balaban J connectivity index is 1.94. The highest BCUT2D eigenvalue weighted by Gasteiger charge is 2.66. The summed E-state index contributed by atoms with van der Waals surface area (Å²) in [5.74, 6) is -2.66. The molecule has 1 aromatic rings. The minimum Gasteiger partial charge on any atom is -0.457 e. The molecule has 7 nitrogen and oxygen atoms in total. The van der Waals surface area contributed by atoms with Gasteiger partial charge in [-0.05, 0) is 49.0 Å². The normalized spacial score (nSPS) is 39.4. The number of esters is 1. The molecule has 7 heteroatoms. The van der Waals surface area contributed by atoms with E-state index in [2.05, 4.69) is 5.32 Å². The average molecular weight is 508 g/mol. The van der Waals surface area contributed by atoms with Crippen molar-refractivity contribution in [3.8, 4) is 0 Å². The maximum absolute atomic E-state index is 14.1. The molecule has 1 aliphatic heterocycles. The van der Waals surface area contributed by atoms with Crippen molar-refractivity contribution in [2.24, 2.45) is 29.1 Å². The van der Waals surface area contributed by atoms with Gasteiger partial charge in [0.2, 0.25) is 5.91 Å². The van der Waals surface area contributed by atoms with Crippen molar-refractivity contribution in [3.05, 3.63) is 71.8 Å². The number of allylic oxidation sites excluding steroid dienone is 3. The number of nitrogens with one attached hydrogen (secondary N) is 1. The Labute approximate surface area is 218 Å². The SMILES string of the molecule is CC(=O)O[C@@H]1/C=C/[C@@](C)(O)C(=O)[C@@H](C)C/C=C/[C@H]2C=C(CO)[C@@H](C)[C@H]3[C@H](Cc4ccccc4)NC(=O)[C@]321. The van der Waals surface area contributed by atoms with Gasteiger partial charge >= 0.3 is 5.97 Å². The smallest absolute Gasteiger partial charge is 0.303 e. The van der Waals surface area contributed by atoms with E-state index in [0.717, 1.165) is 11.1 Å². The van der Waals surface area contributed by atoms with Crippen LogP contribution in [0.25, 0.3) is 0 Å². The second-order valence-electron chi connectivity index (χ2n) is 10.9. The van der Waals surface area contributed by atoms with E-state index in [1.54, 1.807) is 6.92 Å². The highest BCUT2D eigenvalue weighted by atomic mass is 16.5. The Morgan fingerprint density at radius 2 is 1.86 bits per heavy atom. The minimum absolute atomic E-state index is 0.151. The molecule has 0 radical (unpaired) electrons. The highest BCUT2D eigenvalue weighted by molar-refractivity contribution is 5.91. The molecule has 2 aliphatic carbocycles. The summed E-state index contributed by atoms with van der Waals surface area (Å²) < 4.78 is 5.85. The van der Waals surface area contributed by atoms with Gasteiger partial charge in [0.1, 0.15) is 17.1 Å². The first-order chi connectivity index (χ1) is 17.5. The molecule has 4 rings (SSSR count). The first-order valence-electron chi connectivity index (χ1n) is 13.0. The first kappa shape index (κ1) is 27.0. The number of Topliss-reactive ketones (excluding diaryl/α,β-unsaturated/α-hetero) is 1. The summed E-state index contributed by atoms with van der Waals surface area (Å²) in [6.45, 7) is 6.30. The Morgan fingerprint density at radius 3 is 2.51 bits per heavy atom. The lowest BCUT2D eigenvalue weighted by atomic mass is 9.54. The molecule has 0 unspecified atom stereocenters. The van der Waals surface area contributed by atoms with Crippen LogP contribution in [0.3, 0.4) is 0 Å². The maximum Gasteiger partial charge on any atom is 0.303 e. The Bertz CT molecular complexity index is 1140. The van der Waals surface area contributed by atoms with Gasteiger partial charge in [0.15, 0.2) is 5.78 Å². The predicted molar refractivity (Wildman–Crippen MR) is 139 cm³/mol. The van der Waals surface area contributed by atoms with Crippen LogP contribution in [0.5, 0.6) is 0 Å². The lowest BCUT2D eigenvalue weighted by Gasteiger charge is -2.48. The molecule has 3 aliphatic rings. The number of ether oxygens (including phenoxy) is 1. The third kappa shape index (κ3) is 4.82. The summed E-state index contributed by atoms with van der Waals surface area (Å²) in [6, 6.07) is 9.58. The largest absolute Gasteiger partial charge is 0.457 e. The minimum atomic E-state index is -1.79. The zero-order valence-electron chi connectivity index (χ0n) is 21.9. The zero-order chi connectivity index (χ0) is 27.0. The highest BCUT2D eigenvalue weighted by Crippen LogP contribution is 2.56. The third-order valence-corrected chi connectivity index (χ3v) is 8.38. The summed E-state index contributed by atoms with van der Waals surface area (Å²) in [4.78, 5) is 39.5. The average Bonchev–Trinajstić information content (AvgIpc) is 3.14. The van der Waals surface area contributed by atoms with Crippen molar-refractivity contribution in [3.63, 3.8) is 0 Å². The number of carbonyl (C=O) groups is 3. The lowest BCUT2D eigenvalue weighted by Crippen LogP contribution is -2.55. The number of aliphatic hydroxyl groups excluding tert-OH is 1. The molecule has 37 heavy (non-hydrogen) atoms. The lowest BCUT2D eigenvalue weighted by molar-refractivity contribution is -0.159. The zero-order valence-corrected chi connectivity index (χ0v) is 21.9. The topological polar surface area (TPSA) is 113 Å². The van der Waals surface area contributed by atoms with E-state index in [9.17, 15) is 24.6 Å². The van der Waals surface area contributed by atoms with Crippen LogP contribution in [0, 0.1) is 29.1 Å². The molecular weight excluding hydrogens is 470 g/mol. The predicted octanol–water partition coefficient (Wildman–Crippen LogP) is 2.92. The fourth-order valence-corrected chi connectivity index (χ4v) is 6.59. The van der Waals surface area contributed by atoms with Gasteiger partial charge in [-0.2, -0.15) is 0 Å². The van der Waals surface area contributed by atoms with E-state index in [4.69, 9.17) is 4.74 Å².